The van der Waals surface area contributed by atoms with Gasteiger partial charge in [0.1, 0.15) is 6.61 Å². The molecule has 0 aliphatic heterocycles. The van der Waals surface area contributed by atoms with Crippen molar-refractivity contribution in [2.24, 2.45) is 0 Å². The van der Waals surface area contributed by atoms with Crippen molar-refractivity contribution in [3.63, 3.8) is 0 Å². The molecule has 0 aliphatic rings. The largest absolute Gasteiger partial charge is 0.478 e. The number of nitrogens with one attached hydrogen (secondary N) is 1. The van der Waals surface area contributed by atoms with Gasteiger partial charge in [0.25, 0.3) is 5.09 Å². The Labute approximate surface area is 160 Å². The minimum Gasteiger partial charge on any atom is -0.478 e. The lowest BCUT2D eigenvalue weighted by atomic mass is 10.2. The minimum absolute atomic E-state index is 0.109. The highest BCUT2D eigenvalue weighted by Gasteiger charge is 2.06. The molecule has 0 fully saturated rings. The van der Waals surface area contributed by atoms with Crippen molar-refractivity contribution in [2.75, 3.05) is 12.3 Å². The zero-order valence-corrected chi connectivity index (χ0v) is 15.4. The van der Waals surface area contributed by atoms with E-state index in [0.717, 1.165) is 23.3 Å². The second-order valence-corrected chi connectivity index (χ2v) is 6.77. The summed E-state index contributed by atoms with van der Waals surface area (Å²) in [5.74, 6) is -1.32. The second-order valence-electron chi connectivity index (χ2n) is 4.20. The fourth-order valence-corrected chi connectivity index (χ4v) is 2.77. The molecular formula is C12H13N5O6S3. The van der Waals surface area contributed by atoms with Crippen LogP contribution in [0.3, 0.4) is 0 Å². The van der Waals surface area contributed by atoms with Gasteiger partial charge in [-0.1, -0.05) is 17.4 Å². The summed E-state index contributed by atoms with van der Waals surface area (Å²) in [4.78, 5) is 35.8. The number of rotatable bonds is 7. The molecule has 4 N–H and O–H groups in total. The molecule has 0 saturated heterocycles. The van der Waals surface area contributed by atoms with Crippen molar-refractivity contribution in [3.8, 4) is 0 Å². The number of amides is 1. The van der Waals surface area contributed by atoms with Crippen LogP contribution in [-0.2, 0) is 9.63 Å². The standard InChI is InChI=1S/C7H6O2S.C5H7N5O4S2/c8-7(9)5-2-1-3-6(10)4-5;6-4-7-8-5(15-4)16-9-3(11)1-2-14-10(12)13/h1-4,10H,(H,8,9);1-2H2,(H2,6,7)(H,9,11). The van der Waals surface area contributed by atoms with Crippen LogP contribution >= 0.6 is 35.9 Å². The molecule has 1 aromatic carbocycles. The van der Waals surface area contributed by atoms with E-state index in [0.29, 0.717) is 14.4 Å². The molecule has 140 valence electrons. The van der Waals surface area contributed by atoms with Gasteiger partial charge in [0.05, 0.1) is 12.0 Å². The van der Waals surface area contributed by atoms with E-state index < -0.39 is 17.0 Å². The van der Waals surface area contributed by atoms with Gasteiger partial charge in [0.15, 0.2) is 4.34 Å². The molecule has 0 unspecified atom stereocenters. The number of nitrogen functional groups attached to an aromatic ring is 1. The minimum atomic E-state index is -0.953. The maximum Gasteiger partial charge on any atom is 0.335 e. The number of carbonyl (C=O) groups excluding carboxylic acids is 1. The Morgan fingerprint density at radius 3 is 2.69 bits per heavy atom. The van der Waals surface area contributed by atoms with Gasteiger partial charge in [-0.3, -0.25) is 9.52 Å². The fourth-order valence-electron chi connectivity index (χ4n) is 1.27. The SMILES string of the molecule is Nc1nnc(SNC(=O)CCO[N+](=O)[O-])s1.O=C(O)c1cccc(S)c1. The molecule has 26 heavy (non-hydrogen) atoms. The summed E-state index contributed by atoms with van der Waals surface area (Å²) >= 11 is 6.06. The first-order chi connectivity index (χ1) is 12.3. The number of carbonyl (C=O) groups is 2. The summed E-state index contributed by atoms with van der Waals surface area (Å²) in [6.45, 7) is -0.280. The first-order valence-electron chi connectivity index (χ1n) is 6.62. The molecule has 11 nitrogen and oxygen atoms in total. The zero-order chi connectivity index (χ0) is 19.5. The van der Waals surface area contributed by atoms with E-state index in [-0.39, 0.29) is 18.6 Å². The quantitative estimate of drug-likeness (QED) is 0.223. The van der Waals surface area contributed by atoms with Crippen LogP contribution in [-0.4, -0.2) is 38.9 Å². The summed E-state index contributed by atoms with van der Waals surface area (Å²) in [6.07, 6.45) is -0.109. The molecule has 1 heterocycles. The Kier molecular flexibility index (Phi) is 9.18. The molecule has 0 bridgehead atoms. The highest BCUT2D eigenvalue weighted by molar-refractivity contribution is 7.99. The average Bonchev–Trinajstić information content (AvgIpc) is 2.99. The molecule has 14 heteroatoms. The van der Waals surface area contributed by atoms with Crippen molar-refractivity contribution < 1.29 is 24.6 Å². The van der Waals surface area contributed by atoms with Crippen LogP contribution in [0.2, 0.25) is 0 Å². The highest BCUT2D eigenvalue weighted by atomic mass is 32.2. The number of carboxylic acids is 1. The van der Waals surface area contributed by atoms with Gasteiger partial charge < -0.3 is 15.7 Å². The molecule has 0 spiro atoms. The van der Waals surface area contributed by atoms with Crippen molar-refractivity contribution in [1.29, 1.82) is 0 Å². The van der Waals surface area contributed by atoms with Crippen LogP contribution < -0.4 is 10.5 Å². The van der Waals surface area contributed by atoms with Crippen LogP contribution in [0.1, 0.15) is 16.8 Å². The van der Waals surface area contributed by atoms with E-state index in [1.807, 2.05) is 0 Å². The smallest absolute Gasteiger partial charge is 0.335 e. The molecule has 1 aromatic heterocycles. The number of aromatic carboxylic acids is 1. The van der Waals surface area contributed by atoms with E-state index in [2.05, 4.69) is 32.4 Å². The third-order valence-electron chi connectivity index (χ3n) is 2.29. The molecule has 0 aliphatic carbocycles. The zero-order valence-electron chi connectivity index (χ0n) is 12.9. The number of carboxylic acid groups (broad SMARTS) is 1. The molecule has 0 saturated carbocycles. The molecule has 0 atom stereocenters. The average molecular weight is 419 g/mol. The maximum atomic E-state index is 11.1. The number of aromatic nitrogens is 2. The van der Waals surface area contributed by atoms with Gasteiger partial charge in [-0.15, -0.1) is 32.9 Å². The Morgan fingerprint density at radius 1 is 1.46 bits per heavy atom. The molecular weight excluding hydrogens is 406 g/mol. The molecule has 1 amide bonds. The monoisotopic (exact) mass is 419 g/mol. The molecule has 0 radical (unpaired) electrons. The summed E-state index contributed by atoms with van der Waals surface area (Å²) in [6, 6.07) is 6.43. The summed E-state index contributed by atoms with van der Waals surface area (Å²) in [7, 11) is 0. The number of anilines is 1. The van der Waals surface area contributed by atoms with Crippen molar-refractivity contribution >= 4 is 52.9 Å². The summed E-state index contributed by atoms with van der Waals surface area (Å²) in [5, 5.41) is 24.8. The lowest BCUT2D eigenvalue weighted by molar-refractivity contribution is -0.757. The van der Waals surface area contributed by atoms with Crippen LogP contribution in [0.5, 0.6) is 0 Å². The predicted molar refractivity (Wildman–Crippen MR) is 96.5 cm³/mol. The second kappa shape index (κ2) is 11.1. The van der Waals surface area contributed by atoms with Crippen LogP contribution in [0.15, 0.2) is 33.5 Å². The van der Waals surface area contributed by atoms with Gasteiger partial charge in [0, 0.05) is 16.8 Å². The van der Waals surface area contributed by atoms with Crippen LogP contribution in [0.25, 0.3) is 0 Å². The number of nitrogens with zero attached hydrogens (tertiary/aromatic N) is 3. The van der Waals surface area contributed by atoms with Crippen LogP contribution in [0, 0.1) is 10.1 Å². The first-order valence-corrected chi connectivity index (χ1v) is 8.70. The molecule has 2 rings (SSSR count). The highest BCUT2D eigenvalue weighted by Crippen LogP contribution is 2.20. The van der Waals surface area contributed by atoms with Crippen molar-refractivity contribution in [1.82, 2.24) is 14.9 Å². The number of thiol groups is 1. The van der Waals surface area contributed by atoms with Gasteiger partial charge in [-0.2, -0.15) is 0 Å². The van der Waals surface area contributed by atoms with Gasteiger partial charge in [-0.25, -0.2) is 4.79 Å². The summed E-state index contributed by atoms with van der Waals surface area (Å²) in [5.41, 5.74) is 5.59. The number of hydrogen-bond acceptors (Lipinski definition) is 11. The Balaban J connectivity index is 0.000000289. The van der Waals surface area contributed by atoms with Crippen molar-refractivity contribution in [2.45, 2.75) is 15.7 Å². The number of nitrogens with two attached hydrogens (primary N) is 1. The summed E-state index contributed by atoms with van der Waals surface area (Å²) < 4.78 is 2.90. The van der Waals surface area contributed by atoms with Gasteiger partial charge in [0.2, 0.25) is 11.0 Å². The normalized spacial score (nSPS) is 9.58. The Morgan fingerprint density at radius 2 is 2.19 bits per heavy atom. The first kappa shape index (κ1) is 21.5. The van der Waals surface area contributed by atoms with Gasteiger partial charge >= 0.3 is 5.97 Å². The van der Waals surface area contributed by atoms with E-state index >= 15 is 0 Å². The number of benzene rings is 1. The topological polar surface area (TPSA) is 171 Å². The predicted octanol–water partition coefficient (Wildman–Crippen LogP) is 1.52. The van der Waals surface area contributed by atoms with E-state index in [9.17, 15) is 19.7 Å². The van der Waals surface area contributed by atoms with Crippen LogP contribution in [0.4, 0.5) is 5.13 Å². The number of hydrogen-bond donors (Lipinski definition) is 4. The third kappa shape index (κ3) is 9.05. The van der Waals surface area contributed by atoms with E-state index in [1.54, 1.807) is 12.1 Å². The Hall–Kier alpha value is -2.58. The van der Waals surface area contributed by atoms with Crippen molar-refractivity contribution in [3.05, 3.63) is 39.9 Å². The maximum absolute atomic E-state index is 11.1. The Bertz CT molecular complexity index is 771. The fraction of sp³-hybridized carbons (Fsp3) is 0.167. The third-order valence-corrected chi connectivity index (χ3v) is 4.20. The lowest BCUT2D eigenvalue weighted by Gasteiger charge is -2.00. The molecule has 2 aromatic rings. The van der Waals surface area contributed by atoms with Gasteiger partial charge in [-0.05, 0) is 18.2 Å². The van der Waals surface area contributed by atoms with E-state index in [1.165, 1.54) is 12.1 Å². The lowest BCUT2D eigenvalue weighted by Crippen LogP contribution is -2.18. The van der Waals surface area contributed by atoms with E-state index in [4.69, 9.17) is 10.8 Å².